The van der Waals surface area contributed by atoms with Crippen molar-refractivity contribution in [3.8, 4) is 0 Å². The Labute approximate surface area is 91.2 Å². The van der Waals surface area contributed by atoms with Gasteiger partial charge in [0.2, 0.25) is 0 Å². The van der Waals surface area contributed by atoms with Gasteiger partial charge in [-0.25, -0.2) is 4.79 Å². The molecule has 0 radical (unpaired) electrons. The molecule has 0 saturated carbocycles. The van der Waals surface area contributed by atoms with Gasteiger partial charge in [-0.05, 0) is 17.7 Å². The van der Waals surface area contributed by atoms with Gasteiger partial charge in [-0.15, -0.1) is 0 Å². The molecule has 5 heteroatoms. The van der Waals surface area contributed by atoms with E-state index in [1.54, 1.807) is 0 Å². The van der Waals surface area contributed by atoms with Crippen LogP contribution < -0.4 is 11.5 Å². The molecule has 3 rings (SSSR count). The van der Waals surface area contributed by atoms with Gasteiger partial charge in [0.05, 0.1) is 24.1 Å². The van der Waals surface area contributed by atoms with Gasteiger partial charge in [0.1, 0.15) is 0 Å². The van der Waals surface area contributed by atoms with E-state index in [1.165, 1.54) is 0 Å². The van der Waals surface area contributed by atoms with Gasteiger partial charge < -0.3 is 14.9 Å². The van der Waals surface area contributed by atoms with Crippen molar-refractivity contribution < 1.29 is 9.15 Å². The fourth-order valence-corrected chi connectivity index (χ4v) is 2.03. The first-order chi connectivity index (χ1) is 7.73. The number of benzene rings is 1. The van der Waals surface area contributed by atoms with Crippen LogP contribution in [0.3, 0.4) is 0 Å². The predicted molar refractivity (Wildman–Crippen MR) is 58.4 cm³/mol. The fourth-order valence-electron chi connectivity index (χ4n) is 2.03. The molecule has 5 nitrogen and oxygen atoms in total. The molecule has 84 valence electrons. The van der Waals surface area contributed by atoms with Gasteiger partial charge in [-0.3, -0.25) is 4.98 Å². The molecular formula is C11H12N2O3. The van der Waals surface area contributed by atoms with Crippen molar-refractivity contribution in [2.24, 2.45) is 5.73 Å². The Morgan fingerprint density at radius 3 is 2.88 bits per heavy atom. The highest BCUT2D eigenvalue weighted by Crippen LogP contribution is 2.32. The number of oxazole rings is 1. The number of aromatic nitrogens is 1. The first kappa shape index (κ1) is 9.62. The SMILES string of the molecule is NCC1(c2ccc3[nH]c(=O)oc3c2)COC1. The maximum absolute atomic E-state index is 11.0. The minimum absolute atomic E-state index is 0.107. The molecule has 1 aromatic carbocycles. The number of aromatic amines is 1. The first-order valence-corrected chi connectivity index (χ1v) is 5.15. The molecule has 3 N–H and O–H groups in total. The minimum Gasteiger partial charge on any atom is -0.408 e. The van der Waals surface area contributed by atoms with E-state index in [1.807, 2.05) is 18.2 Å². The number of nitrogens with two attached hydrogens (primary N) is 1. The second-order valence-corrected chi connectivity index (χ2v) is 4.20. The van der Waals surface area contributed by atoms with E-state index in [-0.39, 0.29) is 5.41 Å². The third-order valence-corrected chi connectivity index (χ3v) is 3.18. The monoisotopic (exact) mass is 220 g/mol. The summed E-state index contributed by atoms with van der Waals surface area (Å²) in [5, 5.41) is 0. The van der Waals surface area contributed by atoms with Gasteiger partial charge >= 0.3 is 5.76 Å². The predicted octanol–water partition coefficient (Wildman–Crippen LogP) is 0.348. The van der Waals surface area contributed by atoms with Crippen LogP contribution in [-0.2, 0) is 10.2 Å². The number of hydrogen-bond acceptors (Lipinski definition) is 4. The van der Waals surface area contributed by atoms with E-state index in [9.17, 15) is 4.79 Å². The molecular weight excluding hydrogens is 208 g/mol. The van der Waals surface area contributed by atoms with Crippen molar-refractivity contribution in [3.05, 3.63) is 34.3 Å². The third kappa shape index (κ3) is 1.22. The molecule has 1 saturated heterocycles. The number of fused-ring (bicyclic) bond motifs is 1. The molecule has 1 fully saturated rings. The Hall–Kier alpha value is -1.59. The van der Waals surface area contributed by atoms with Crippen molar-refractivity contribution in [3.63, 3.8) is 0 Å². The van der Waals surface area contributed by atoms with E-state index < -0.39 is 5.76 Å². The van der Waals surface area contributed by atoms with Crippen molar-refractivity contribution in [2.45, 2.75) is 5.41 Å². The van der Waals surface area contributed by atoms with E-state index in [0.717, 1.165) is 5.56 Å². The van der Waals surface area contributed by atoms with Crippen LogP contribution >= 0.6 is 0 Å². The van der Waals surface area contributed by atoms with Gasteiger partial charge in [-0.2, -0.15) is 0 Å². The minimum atomic E-state index is -0.432. The normalized spacial score (nSPS) is 18.6. The van der Waals surface area contributed by atoms with E-state index in [4.69, 9.17) is 14.9 Å². The van der Waals surface area contributed by atoms with Gasteiger partial charge in [-0.1, -0.05) is 6.07 Å². The molecule has 0 bridgehead atoms. The molecule has 16 heavy (non-hydrogen) atoms. The van der Waals surface area contributed by atoms with Crippen LogP contribution in [0.5, 0.6) is 0 Å². The van der Waals surface area contributed by atoms with Gasteiger partial charge in [0.25, 0.3) is 0 Å². The van der Waals surface area contributed by atoms with E-state index in [0.29, 0.717) is 30.9 Å². The van der Waals surface area contributed by atoms with E-state index >= 15 is 0 Å². The van der Waals surface area contributed by atoms with Crippen molar-refractivity contribution in [1.82, 2.24) is 4.98 Å². The maximum Gasteiger partial charge on any atom is 0.417 e. The summed E-state index contributed by atoms with van der Waals surface area (Å²) < 4.78 is 10.2. The van der Waals surface area contributed by atoms with Crippen LogP contribution in [-0.4, -0.2) is 24.7 Å². The average molecular weight is 220 g/mol. The van der Waals surface area contributed by atoms with Crippen molar-refractivity contribution in [2.75, 3.05) is 19.8 Å². The average Bonchev–Trinajstić information content (AvgIpc) is 2.56. The van der Waals surface area contributed by atoms with Crippen molar-refractivity contribution >= 4 is 11.1 Å². The molecule has 1 aliphatic heterocycles. The Morgan fingerprint density at radius 2 is 2.25 bits per heavy atom. The van der Waals surface area contributed by atoms with Crippen LogP contribution in [0.15, 0.2) is 27.4 Å². The molecule has 2 heterocycles. The Bertz CT molecular complexity index is 575. The van der Waals surface area contributed by atoms with E-state index in [2.05, 4.69) is 4.98 Å². The highest BCUT2D eigenvalue weighted by Gasteiger charge is 2.39. The molecule has 0 aliphatic carbocycles. The highest BCUT2D eigenvalue weighted by molar-refractivity contribution is 5.73. The number of H-pyrrole nitrogens is 1. The Balaban J connectivity index is 2.14. The lowest BCUT2D eigenvalue weighted by molar-refractivity contribution is -0.0550. The zero-order chi connectivity index (χ0) is 11.2. The summed E-state index contributed by atoms with van der Waals surface area (Å²) in [5.74, 6) is -0.432. The summed E-state index contributed by atoms with van der Waals surface area (Å²) >= 11 is 0. The molecule has 0 spiro atoms. The summed E-state index contributed by atoms with van der Waals surface area (Å²) in [6, 6.07) is 5.66. The maximum atomic E-state index is 11.0. The molecule has 1 aliphatic rings. The topological polar surface area (TPSA) is 81.3 Å². The summed E-state index contributed by atoms with van der Waals surface area (Å²) in [5.41, 5.74) is 8.01. The smallest absolute Gasteiger partial charge is 0.408 e. The Kier molecular flexibility index (Phi) is 1.92. The van der Waals surface area contributed by atoms with Crippen LogP contribution in [0.25, 0.3) is 11.1 Å². The highest BCUT2D eigenvalue weighted by atomic mass is 16.5. The molecule has 2 aromatic rings. The van der Waals surface area contributed by atoms with Crippen molar-refractivity contribution in [1.29, 1.82) is 0 Å². The lowest BCUT2D eigenvalue weighted by Crippen LogP contribution is -2.52. The van der Waals surface area contributed by atoms with Crippen LogP contribution in [0, 0.1) is 0 Å². The zero-order valence-electron chi connectivity index (χ0n) is 8.66. The lowest BCUT2D eigenvalue weighted by atomic mass is 9.79. The first-order valence-electron chi connectivity index (χ1n) is 5.15. The fraction of sp³-hybridized carbons (Fsp3) is 0.364. The summed E-state index contributed by atoms with van der Waals surface area (Å²) in [7, 11) is 0. The standard InChI is InChI=1S/C11H12N2O3/c12-4-11(5-15-6-11)7-1-2-8-9(3-7)16-10(14)13-8/h1-3H,4-6,12H2,(H,13,14). The molecule has 0 amide bonds. The third-order valence-electron chi connectivity index (χ3n) is 3.18. The lowest BCUT2D eigenvalue weighted by Gasteiger charge is -2.40. The molecule has 1 aromatic heterocycles. The summed E-state index contributed by atoms with van der Waals surface area (Å²) in [4.78, 5) is 13.6. The largest absolute Gasteiger partial charge is 0.417 e. The number of rotatable bonds is 2. The van der Waals surface area contributed by atoms with Gasteiger partial charge in [0, 0.05) is 6.54 Å². The second kappa shape index (κ2) is 3.20. The number of hydrogen-bond donors (Lipinski definition) is 2. The Morgan fingerprint density at radius 1 is 1.44 bits per heavy atom. The number of ether oxygens (including phenoxy) is 1. The summed E-state index contributed by atoms with van der Waals surface area (Å²) in [6.07, 6.45) is 0. The molecule has 0 atom stereocenters. The van der Waals surface area contributed by atoms with Crippen LogP contribution in [0.4, 0.5) is 0 Å². The number of nitrogens with one attached hydrogen (secondary N) is 1. The van der Waals surface area contributed by atoms with Gasteiger partial charge in [0.15, 0.2) is 5.58 Å². The second-order valence-electron chi connectivity index (χ2n) is 4.20. The van der Waals surface area contributed by atoms with Crippen LogP contribution in [0.2, 0.25) is 0 Å². The summed E-state index contributed by atoms with van der Waals surface area (Å²) in [6.45, 7) is 1.79. The quantitative estimate of drug-likeness (QED) is 0.765. The molecule has 0 unspecified atom stereocenters. The van der Waals surface area contributed by atoms with Crippen LogP contribution in [0.1, 0.15) is 5.56 Å². The zero-order valence-corrected chi connectivity index (χ0v) is 8.66.